The van der Waals surface area contributed by atoms with Gasteiger partial charge in [0.15, 0.2) is 0 Å². The summed E-state index contributed by atoms with van der Waals surface area (Å²) in [5.74, 6) is 0. The molecule has 14 heavy (non-hydrogen) atoms. The van der Waals surface area contributed by atoms with Gasteiger partial charge in [-0.15, -0.1) is 0 Å². The Kier molecular flexibility index (Phi) is 4.50. The third-order valence-electron chi connectivity index (χ3n) is 2.68. The van der Waals surface area contributed by atoms with Gasteiger partial charge in [0.25, 0.3) is 0 Å². The summed E-state index contributed by atoms with van der Waals surface area (Å²) >= 11 is 0. The highest BCUT2D eigenvalue weighted by Crippen LogP contribution is 2.23. The van der Waals surface area contributed by atoms with Crippen LogP contribution in [0.5, 0.6) is 0 Å². The summed E-state index contributed by atoms with van der Waals surface area (Å²) in [5, 5.41) is 11.1. The molecule has 0 atom stereocenters. The summed E-state index contributed by atoms with van der Waals surface area (Å²) in [6.45, 7) is 2.18. The lowest BCUT2D eigenvalue weighted by Crippen LogP contribution is -2.35. The molecule has 1 rings (SSSR count). The summed E-state index contributed by atoms with van der Waals surface area (Å²) < 4.78 is 0. The summed E-state index contributed by atoms with van der Waals surface area (Å²) in [7, 11) is 0. The number of hydrogen-bond acceptors (Lipinski definition) is 1. The van der Waals surface area contributed by atoms with Gasteiger partial charge < -0.3 is 10.4 Å². The van der Waals surface area contributed by atoms with E-state index in [1.165, 1.54) is 12.0 Å². The van der Waals surface area contributed by atoms with Crippen LogP contribution in [0.15, 0.2) is 11.6 Å². The highest BCUT2D eigenvalue weighted by atomic mass is 16.4. The summed E-state index contributed by atoms with van der Waals surface area (Å²) in [4.78, 5) is 10.4. The predicted octanol–water partition coefficient (Wildman–Crippen LogP) is 2.92. The van der Waals surface area contributed by atoms with Gasteiger partial charge in [-0.2, -0.15) is 0 Å². The van der Waals surface area contributed by atoms with Crippen molar-refractivity contribution in [1.82, 2.24) is 5.32 Å². The zero-order chi connectivity index (χ0) is 10.4. The first-order chi connectivity index (χ1) is 6.72. The highest BCUT2D eigenvalue weighted by molar-refractivity contribution is 5.64. The maximum atomic E-state index is 10.4. The minimum Gasteiger partial charge on any atom is -0.465 e. The van der Waals surface area contributed by atoms with Gasteiger partial charge in [-0.25, -0.2) is 4.79 Å². The van der Waals surface area contributed by atoms with E-state index in [1.54, 1.807) is 0 Å². The Morgan fingerprint density at radius 2 is 2.21 bits per heavy atom. The fourth-order valence-electron chi connectivity index (χ4n) is 1.86. The number of allylic oxidation sites excluding steroid dienone is 2. The largest absolute Gasteiger partial charge is 0.465 e. The normalized spacial score (nSPS) is 21.8. The Balaban J connectivity index is 2.27. The van der Waals surface area contributed by atoms with E-state index in [9.17, 15) is 4.79 Å². The van der Waals surface area contributed by atoms with Crippen molar-refractivity contribution in [3.63, 3.8) is 0 Å². The van der Waals surface area contributed by atoms with Crippen LogP contribution in [0.25, 0.3) is 0 Å². The van der Waals surface area contributed by atoms with E-state index >= 15 is 0 Å². The molecule has 0 aromatic heterocycles. The first kappa shape index (κ1) is 11.1. The molecule has 0 aliphatic heterocycles. The van der Waals surface area contributed by atoms with Crippen LogP contribution in [0.3, 0.4) is 0 Å². The van der Waals surface area contributed by atoms with E-state index in [0.29, 0.717) is 0 Å². The molecule has 1 amide bonds. The standard InChI is InChI=1S/C11H19NO2/c1-2-3-4-9-5-7-10(8-6-9)12-11(13)14/h4,10,12H,2-3,5-8H2,1H3,(H,13,14). The maximum Gasteiger partial charge on any atom is 0.404 e. The van der Waals surface area contributed by atoms with Crippen LogP contribution in [-0.2, 0) is 0 Å². The van der Waals surface area contributed by atoms with Gasteiger partial charge in [-0.3, -0.25) is 0 Å². The monoisotopic (exact) mass is 197 g/mol. The molecule has 1 saturated carbocycles. The van der Waals surface area contributed by atoms with Gasteiger partial charge in [0, 0.05) is 6.04 Å². The van der Waals surface area contributed by atoms with E-state index in [4.69, 9.17) is 5.11 Å². The SMILES string of the molecule is CCCC=C1CCC(NC(=O)O)CC1. The zero-order valence-corrected chi connectivity index (χ0v) is 8.75. The van der Waals surface area contributed by atoms with Crippen LogP contribution in [0, 0.1) is 0 Å². The molecule has 2 N–H and O–H groups in total. The predicted molar refractivity (Wildman–Crippen MR) is 56.4 cm³/mol. The Labute approximate surface area is 85.2 Å². The fraction of sp³-hybridized carbons (Fsp3) is 0.727. The van der Waals surface area contributed by atoms with Gasteiger partial charge in [0.2, 0.25) is 0 Å². The molecule has 0 bridgehead atoms. The van der Waals surface area contributed by atoms with E-state index in [2.05, 4.69) is 18.3 Å². The molecule has 3 nitrogen and oxygen atoms in total. The molecule has 0 unspecified atom stereocenters. The van der Waals surface area contributed by atoms with Crippen LogP contribution in [0.2, 0.25) is 0 Å². The summed E-state index contributed by atoms with van der Waals surface area (Å²) in [5.41, 5.74) is 1.51. The topological polar surface area (TPSA) is 49.3 Å². The third kappa shape index (κ3) is 3.81. The minimum atomic E-state index is -0.893. The van der Waals surface area contributed by atoms with E-state index in [0.717, 1.165) is 32.1 Å². The number of amides is 1. The van der Waals surface area contributed by atoms with E-state index < -0.39 is 6.09 Å². The first-order valence-electron chi connectivity index (χ1n) is 5.39. The quantitative estimate of drug-likeness (QED) is 0.683. The van der Waals surface area contributed by atoms with Gasteiger partial charge in [0.1, 0.15) is 0 Å². The number of rotatable bonds is 3. The minimum absolute atomic E-state index is 0.172. The van der Waals surface area contributed by atoms with Crippen molar-refractivity contribution in [2.24, 2.45) is 0 Å². The van der Waals surface area contributed by atoms with Crippen LogP contribution in [0.1, 0.15) is 45.4 Å². The number of nitrogens with one attached hydrogen (secondary N) is 1. The molecule has 0 aromatic carbocycles. The molecule has 0 aromatic rings. The highest BCUT2D eigenvalue weighted by Gasteiger charge is 2.17. The van der Waals surface area contributed by atoms with Crippen LogP contribution < -0.4 is 5.32 Å². The van der Waals surface area contributed by atoms with E-state index in [-0.39, 0.29) is 6.04 Å². The number of carboxylic acid groups (broad SMARTS) is 1. The molecular formula is C11H19NO2. The smallest absolute Gasteiger partial charge is 0.404 e. The Hall–Kier alpha value is -0.990. The van der Waals surface area contributed by atoms with Crippen LogP contribution in [-0.4, -0.2) is 17.2 Å². The van der Waals surface area contributed by atoms with Crippen molar-refractivity contribution in [2.75, 3.05) is 0 Å². The number of hydrogen-bond donors (Lipinski definition) is 2. The van der Waals surface area contributed by atoms with E-state index in [1.807, 2.05) is 0 Å². The van der Waals surface area contributed by atoms with Gasteiger partial charge >= 0.3 is 6.09 Å². The second-order valence-corrected chi connectivity index (χ2v) is 3.87. The Morgan fingerprint density at radius 3 is 2.71 bits per heavy atom. The third-order valence-corrected chi connectivity index (χ3v) is 2.68. The second kappa shape index (κ2) is 5.68. The lowest BCUT2D eigenvalue weighted by molar-refractivity contribution is 0.187. The maximum absolute atomic E-state index is 10.4. The molecule has 0 saturated heterocycles. The van der Waals surface area contributed by atoms with Crippen molar-refractivity contribution >= 4 is 6.09 Å². The van der Waals surface area contributed by atoms with Gasteiger partial charge in [-0.05, 0) is 32.1 Å². The zero-order valence-electron chi connectivity index (χ0n) is 8.75. The summed E-state index contributed by atoms with van der Waals surface area (Å²) in [6, 6.07) is 0.172. The van der Waals surface area contributed by atoms with Crippen LogP contribution in [0.4, 0.5) is 4.79 Å². The molecule has 80 valence electrons. The summed E-state index contributed by atoms with van der Waals surface area (Å²) in [6.07, 6.45) is 7.82. The first-order valence-corrected chi connectivity index (χ1v) is 5.39. The second-order valence-electron chi connectivity index (χ2n) is 3.87. The molecular weight excluding hydrogens is 178 g/mol. The number of unbranched alkanes of at least 4 members (excludes halogenated alkanes) is 1. The number of carbonyl (C=O) groups is 1. The molecule has 1 fully saturated rings. The fourth-order valence-corrected chi connectivity index (χ4v) is 1.86. The Morgan fingerprint density at radius 1 is 1.57 bits per heavy atom. The molecule has 0 radical (unpaired) electrons. The van der Waals surface area contributed by atoms with Crippen molar-refractivity contribution in [2.45, 2.75) is 51.5 Å². The van der Waals surface area contributed by atoms with Gasteiger partial charge in [0.05, 0.1) is 0 Å². The van der Waals surface area contributed by atoms with Gasteiger partial charge in [-0.1, -0.05) is 25.0 Å². The average Bonchev–Trinajstić information content (AvgIpc) is 2.16. The lowest BCUT2D eigenvalue weighted by atomic mass is 9.90. The molecule has 0 heterocycles. The molecule has 1 aliphatic rings. The van der Waals surface area contributed by atoms with Crippen molar-refractivity contribution < 1.29 is 9.90 Å². The molecule has 1 aliphatic carbocycles. The van der Waals surface area contributed by atoms with Crippen molar-refractivity contribution in [1.29, 1.82) is 0 Å². The Bertz CT molecular complexity index is 213. The van der Waals surface area contributed by atoms with Crippen molar-refractivity contribution in [3.05, 3.63) is 11.6 Å². The average molecular weight is 197 g/mol. The molecule has 0 spiro atoms. The van der Waals surface area contributed by atoms with Crippen LogP contribution >= 0.6 is 0 Å². The molecule has 3 heteroatoms. The van der Waals surface area contributed by atoms with Crippen molar-refractivity contribution in [3.8, 4) is 0 Å². The lowest BCUT2D eigenvalue weighted by Gasteiger charge is -2.23.